The molecule has 20 heteroatoms. The number of ether oxygens (including phenoxy) is 1. The van der Waals surface area contributed by atoms with Gasteiger partial charge >= 0.3 is 6.09 Å². The first-order valence-electron chi connectivity index (χ1n) is 20.4. The number of aromatic nitrogens is 8. The number of nitrogens with two attached hydrogens (primary N) is 1. The molecule has 2 aliphatic carbocycles. The molecule has 330 valence electrons. The van der Waals surface area contributed by atoms with E-state index in [-0.39, 0.29) is 23.6 Å². The Morgan fingerprint density at radius 2 is 1.40 bits per heavy atom. The molecule has 0 spiro atoms. The van der Waals surface area contributed by atoms with Crippen LogP contribution in [0.5, 0.6) is 0 Å². The molecule has 2 amide bonds. The van der Waals surface area contributed by atoms with Crippen LogP contribution in [0.3, 0.4) is 0 Å². The van der Waals surface area contributed by atoms with Gasteiger partial charge in [-0.15, -0.1) is 43.1 Å². The third-order valence-electron chi connectivity index (χ3n) is 10.8. The summed E-state index contributed by atoms with van der Waals surface area (Å²) in [5, 5.41) is 33.0. The first-order valence-corrected chi connectivity index (χ1v) is 22.1. The normalized spacial score (nSPS) is 14.9. The van der Waals surface area contributed by atoms with Crippen LogP contribution in [0.1, 0.15) is 80.4 Å². The van der Waals surface area contributed by atoms with Gasteiger partial charge in [0.05, 0.1) is 17.9 Å². The molecule has 6 aromatic heterocycles. The smallest absolute Gasteiger partial charge is 0.416 e. The van der Waals surface area contributed by atoms with Crippen LogP contribution in [0, 0.1) is 11.6 Å². The van der Waals surface area contributed by atoms with Gasteiger partial charge < -0.3 is 26.2 Å². The van der Waals surface area contributed by atoms with Crippen molar-refractivity contribution in [1.29, 1.82) is 0 Å². The maximum absolute atomic E-state index is 14.7. The average Bonchev–Trinajstić information content (AvgIpc) is 3.94. The molecular weight excluding hydrogens is 851 g/mol. The molecule has 0 unspecified atom stereocenters. The van der Waals surface area contributed by atoms with Crippen LogP contribution in [0.4, 0.5) is 25.2 Å². The van der Waals surface area contributed by atoms with Gasteiger partial charge in [0.1, 0.15) is 51.1 Å². The van der Waals surface area contributed by atoms with Gasteiger partial charge in [0.15, 0.2) is 5.82 Å². The van der Waals surface area contributed by atoms with Gasteiger partial charge in [-0.3, -0.25) is 19.7 Å². The number of aliphatic hydroxyl groups is 1. The topological polar surface area (TPSA) is 220 Å². The van der Waals surface area contributed by atoms with Gasteiger partial charge in [-0.25, -0.2) is 23.5 Å². The van der Waals surface area contributed by atoms with E-state index in [9.17, 15) is 18.4 Å². The van der Waals surface area contributed by atoms with Gasteiger partial charge in [0.25, 0.3) is 0 Å². The van der Waals surface area contributed by atoms with Crippen LogP contribution in [0.2, 0.25) is 0 Å². The summed E-state index contributed by atoms with van der Waals surface area (Å²) >= 11 is 2.84. The van der Waals surface area contributed by atoms with Gasteiger partial charge in [-0.2, -0.15) is 0 Å². The number of anilines is 2. The lowest BCUT2D eigenvalue weighted by Gasteiger charge is -2.44. The van der Waals surface area contributed by atoms with Crippen LogP contribution in [0.15, 0.2) is 73.3 Å². The Morgan fingerprint density at radius 1 is 0.810 bits per heavy atom. The highest BCUT2D eigenvalue weighted by molar-refractivity contribution is 7.15. The lowest BCUT2D eigenvalue weighted by atomic mass is 9.66. The molecule has 2 saturated carbocycles. The number of halogens is 2. The Bertz CT molecular complexity index is 2490. The Labute approximate surface area is 370 Å². The molecule has 16 nitrogen and oxygen atoms in total. The van der Waals surface area contributed by atoms with Crippen molar-refractivity contribution >= 4 is 46.3 Å². The minimum Gasteiger partial charge on any atom is -0.443 e. The average molecular weight is 899 g/mol. The SMILES string of the molecule is CC(C)(C)OC(=O)N(CC1(c2ncccc2F)CCC1)c1ccc(-c2ncc(CN)s2)nn1.O=C(CO)NCc1cnc(-c2ccc(NCC3(c4ncccc4F)CCC3)nn2)s1. The molecular formula is C43H48F2N12O4S2. The Hall–Kier alpha value is -5.96. The number of hydrogen-bond acceptors (Lipinski definition) is 16. The first-order chi connectivity index (χ1) is 30.3. The summed E-state index contributed by atoms with van der Waals surface area (Å²) in [5.41, 5.74) is 6.14. The first kappa shape index (κ1) is 45.1. The molecule has 0 aliphatic heterocycles. The molecule has 5 N–H and O–H groups in total. The van der Waals surface area contributed by atoms with Gasteiger partial charge in [-0.1, -0.05) is 12.8 Å². The number of carbonyl (C=O) groups excluding carboxylic acids is 2. The number of nitrogens with zero attached hydrogens (tertiary/aromatic N) is 9. The summed E-state index contributed by atoms with van der Waals surface area (Å²) < 4.78 is 34.5. The highest BCUT2D eigenvalue weighted by atomic mass is 32.1. The predicted octanol–water partition coefficient (Wildman–Crippen LogP) is 6.73. The van der Waals surface area contributed by atoms with Crippen molar-refractivity contribution in [3.05, 3.63) is 106 Å². The number of nitrogens with one attached hydrogen (secondary N) is 2. The molecule has 6 aromatic rings. The summed E-state index contributed by atoms with van der Waals surface area (Å²) in [6, 6.07) is 13.1. The van der Waals surface area contributed by atoms with Crippen LogP contribution < -0.4 is 21.3 Å². The predicted molar refractivity (Wildman–Crippen MR) is 235 cm³/mol. The van der Waals surface area contributed by atoms with Crippen molar-refractivity contribution in [2.24, 2.45) is 5.73 Å². The van der Waals surface area contributed by atoms with Crippen LogP contribution >= 0.6 is 22.7 Å². The minimum absolute atomic E-state index is 0.193. The van der Waals surface area contributed by atoms with Crippen molar-refractivity contribution < 1.29 is 28.2 Å². The van der Waals surface area contributed by atoms with Crippen molar-refractivity contribution in [3.63, 3.8) is 0 Å². The lowest BCUT2D eigenvalue weighted by molar-refractivity contribution is -0.123. The number of aliphatic hydroxyl groups excluding tert-OH is 1. The van der Waals surface area contributed by atoms with E-state index < -0.39 is 29.6 Å². The monoisotopic (exact) mass is 898 g/mol. The molecule has 2 aliphatic rings. The summed E-state index contributed by atoms with van der Waals surface area (Å²) in [4.78, 5) is 44.8. The van der Waals surface area contributed by atoms with Crippen LogP contribution in [0.25, 0.3) is 21.4 Å². The van der Waals surface area contributed by atoms with E-state index in [1.165, 1.54) is 39.7 Å². The fourth-order valence-electron chi connectivity index (χ4n) is 7.24. The maximum atomic E-state index is 14.7. The molecule has 0 atom stereocenters. The second-order valence-electron chi connectivity index (χ2n) is 16.3. The third kappa shape index (κ3) is 10.8. The molecule has 0 saturated heterocycles. The van der Waals surface area contributed by atoms with E-state index in [0.717, 1.165) is 35.4 Å². The van der Waals surface area contributed by atoms with Crippen molar-refractivity contribution in [1.82, 2.24) is 45.6 Å². The van der Waals surface area contributed by atoms with E-state index in [0.29, 0.717) is 76.9 Å². The third-order valence-corrected chi connectivity index (χ3v) is 12.8. The fraction of sp³-hybridized carbons (Fsp3) is 0.395. The Balaban J connectivity index is 0.000000190. The molecule has 2 fully saturated rings. The number of amides is 2. The van der Waals surface area contributed by atoms with Gasteiger partial charge in [-0.05, 0) is 95.0 Å². The highest BCUT2D eigenvalue weighted by Crippen LogP contribution is 2.46. The van der Waals surface area contributed by atoms with Crippen LogP contribution in [-0.2, 0) is 33.5 Å². The van der Waals surface area contributed by atoms with E-state index in [1.54, 1.807) is 69.8 Å². The van der Waals surface area contributed by atoms with Crippen molar-refractivity contribution in [2.45, 2.75) is 88.8 Å². The van der Waals surface area contributed by atoms with E-state index in [2.05, 4.69) is 51.0 Å². The zero-order chi connectivity index (χ0) is 44.6. The number of rotatable bonds is 14. The fourth-order valence-corrected chi connectivity index (χ4v) is 8.81. The largest absolute Gasteiger partial charge is 0.443 e. The lowest BCUT2D eigenvalue weighted by Crippen LogP contribution is -2.50. The van der Waals surface area contributed by atoms with Gasteiger partial charge in [0.2, 0.25) is 5.91 Å². The second kappa shape index (κ2) is 19.6. The number of hydrogen-bond donors (Lipinski definition) is 4. The van der Waals surface area contributed by atoms with Crippen LogP contribution in [-0.4, -0.2) is 82.7 Å². The van der Waals surface area contributed by atoms with E-state index >= 15 is 0 Å². The second-order valence-corrected chi connectivity index (χ2v) is 18.6. The molecule has 6 heterocycles. The Kier molecular flexibility index (Phi) is 14.0. The number of thiazole rings is 2. The van der Waals surface area contributed by atoms with E-state index in [4.69, 9.17) is 15.6 Å². The molecule has 8 rings (SSSR count). The summed E-state index contributed by atoms with van der Waals surface area (Å²) in [6.07, 6.45) is 11.2. The molecule has 0 radical (unpaired) electrons. The Morgan fingerprint density at radius 3 is 1.89 bits per heavy atom. The van der Waals surface area contributed by atoms with Crippen molar-refractivity contribution in [3.8, 4) is 21.4 Å². The number of pyridine rings is 2. The molecule has 0 aromatic carbocycles. The van der Waals surface area contributed by atoms with Gasteiger partial charge in [0, 0.05) is 65.0 Å². The zero-order valence-corrected chi connectivity index (χ0v) is 36.7. The number of carbonyl (C=O) groups is 2. The summed E-state index contributed by atoms with van der Waals surface area (Å²) in [6.45, 7) is 6.30. The van der Waals surface area contributed by atoms with E-state index in [1.807, 2.05) is 12.1 Å². The molecule has 63 heavy (non-hydrogen) atoms. The standard InChI is InChI=1S/C23H27FN6O2S.C20H21FN6O2S/c1-22(2,3)32-21(31)30(14-23(9-5-10-23)19-16(24)6-4-11-26-19)18-8-7-17(28-29-18)20-27-13-15(12-25)33-20;21-14-3-1-8-22-18(14)20(6-2-7-20)12-25-16-5-4-15(26-27-16)19-24-10-13(30-19)9-23-17(29)11-28/h4,6-8,11,13H,5,9-10,12,14,25H2,1-3H3;1,3-5,8,10,28H,2,6-7,9,11-12H2,(H,23,29)(H,25,27). The summed E-state index contributed by atoms with van der Waals surface area (Å²) in [7, 11) is 0. The highest BCUT2D eigenvalue weighted by Gasteiger charge is 2.46. The summed E-state index contributed by atoms with van der Waals surface area (Å²) in [5.74, 6) is -0.146. The maximum Gasteiger partial charge on any atom is 0.416 e. The minimum atomic E-state index is -0.703. The quantitative estimate of drug-likeness (QED) is 0.0891. The van der Waals surface area contributed by atoms with Crippen molar-refractivity contribution in [2.75, 3.05) is 29.9 Å². The molecule has 0 bridgehead atoms. The zero-order valence-electron chi connectivity index (χ0n) is 35.1.